The van der Waals surface area contributed by atoms with Gasteiger partial charge in [-0.3, -0.25) is 0 Å². The van der Waals surface area contributed by atoms with Gasteiger partial charge in [0.2, 0.25) is 0 Å². The van der Waals surface area contributed by atoms with Crippen LogP contribution in [0.5, 0.6) is 0 Å². The molecule has 0 aliphatic carbocycles. The summed E-state index contributed by atoms with van der Waals surface area (Å²) >= 11 is 0. The Morgan fingerprint density at radius 1 is 1.45 bits per heavy atom. The minimum absolute atomic E-state index is 0.261. The van der Waals surface area contributed by atoms with Crippen molar-refractivity contribution in [1.29, 1.82) is 0 Å². The molecule has 11 heavy (non-hydrogen) atoms. The van der Waals surface area contributed by atoms with Gasteiger partial charge >= 0.3 is 0 Å². The fourth-order valence-electron chi connectivity index (χ4n) is 1.28. The fraction of sp³-hybridized carbons (Fsp3) is 0.600. The Morgan fingerprint density at radius 3 is 2.45 bits per heavy atom. The number of furan rings is 1. The van der Waals surface area contributed by atoms with Gasteiger partial charge in [0.05, 0.1) is 6.26 Å². The predicted molar refractivity (Wildman–Crippen MR) is 46.8 cm³/mol. The van der Waals surface area contributed by atoms with Gasteiger partial charge in [-0.1, -0.05) is 20.8 Å². The zero-order chi connectivity index (χ0) is 8.48. The number of rotatable bonds is 2. The van der Waals surface area contributed by atoms with Gasteiger partial charge in [0, 0.05) is 0 Å². The lowest BCUT2D eigenvalue weighted by Gasteiger charge is -2.21. The smallest absolute Gasteiger partial charge is 0.104 e. The summed E-state index contributed by atoms with van der Waals surface area (Å²) in [6.45, 7) is 8.70. The van der Waals surface area contributed by atoms with Crippen molar-refractivity contribution in [2.75, 3.05) is 0 Å². The summed E-state index contributed by atoms with van der Waals surface area (Å²) in [5, 5.41) is 0. The highest BCUT2D eigenvalue weighted by Gasteiger charge is 2.21. The maximum Gasteiger partial charge on any atom is 0.104 e. The van der Waals surface area contributed by atoms with E-state index in [2.05, 4.69) is 26.8 Å². The van der Waals surface area contributed by atoms with Crippen molar-refractivity contribution in [3.05, 3.63) is 23.7 Å². The molecule has 0 atom stereocenters. The molecule has 0 saturated carbocycles. The highest BCUT2D eigenvalue weighted by Crippen LogP contribution is 2.29. The van der Waals surface area contributed by atoms with Crippen LogP contribution in [0.15, 0.2) is 16.7 Å². The molecule has 0 saturated heterocycles. The largest absolute Gasteiger partial charge is 0.469 e. The quantitative estimate of drug-likeness (QED) is 0.634. The van der Waals surface area contributed by atoms with Crippen LogP contribution in [0, 0.1) is 6.92 Å². The van der Waals surface area contributed by atoms with E-state index in [4.69, 9.17) is 4.42 Å². The van der Waals surface area contributed by atoms with Gasteiger partial charge in [-0.25, -0.2) is 0 Å². The van der Waals surface area contributed by atoms with Gasteiger partial charge in [0.25, 0.3) is 0 Å². The Bertz CT molecular complexity index is 233. The summed E-state index contributed by atoms with van der Waals surface area (Å²) in [7, 11) is 0. The Labute approximate surface area is 68.4 Å². The van der Waals surface area contributed by atoms with E-state index in [0.717, 1.165) is 12.2 Å². The molecule has 0 spiro atoms. The molecular weight excluding hydrogens is 136 g/mol. The van der Waals surface area contributed by atoms with Crippen LogP contribution in [-0.2, 0) is 5.41 Å². The van der Waals surface area contributed by atoms with E-state index in [9.17, 15) is 0 Å². The Morgan fingerprint density at radius 2 is 2.09 bits per heavy atom. The molecule has 1 aromatic rings. The maximum atomic E-state index is 5.25. The first-order valence-corrected chi connectivity index (χ1v) is 4.12. The SMILES string of the molecule is CCC(C)(C)c1ccoc1C. The zero-order valence-electron chi connectivity index (χ0n) is 7.77. The summed E-state index contributed by atoms with van der Waals surface area (Å²) in [6.07, 6.45) is 2.91. The van der Waals surface area contributed by atoms with E-state index in [1.165, 1.54) is 5.56 Å². The van der Waals surface area contributed by atoms with Crippen molar-refractivity contribution in [1.82, 2.24) is 0 Å². The summed E-state index contributed by atoms with van der Waals surface area (Å²) in [5.74, 6) is 1.05. The zero-order valence-corrected chi connectivity index (χ0v) is 7.77. The topological polar surface area (TPSA) is 13.1 Å². The molecule has 0 aliphatic heterocycles. The monoisotopic (exact) mass is 152 g/mol. The number of hydrogen-bond donors (Lipinski definition) is 0. The fourth-order valence-corrected chi connectivity index (χ4v) is 1.28. The van der Waals surface area contributed by atoms with Crippen LogP contribution in [0.3, 0.4) is 0 Å². The van der Waals surface area contributed by atoms with Crippen LogP contribution in [-0.4, -0.2) is 0 Å². The molecule has 0 N–H and O–H groups in total. The summed E-state index contributed by atoms with van der Waals surface area (Å²) in [4.78, 5) is 0. The lowest BCUT2D eigenvalue weighted by atomic mass is 9.82. The van der Waals surface area contributed by atoms with Gasteiger partial charge in [-0.2, -0.15) is 0 Å². The molecule has 0 amide bonds. The van der Waals surface area contributed by atoms with Crippen molar-refractivity contribution in [3.63, 3.8) is 0 Å². The molecule has 1 nitrogen and oxygen atoms in total. The maximum absolute atomic E-state index is 5.25. The summed E-state index contributed by atoms with van der Waals surface area (Å²) in [6, 6.07) is 2.07. The molecule has 0 unspecified atom stereocenters. The second-order valence-electron chi connectivity index (χ2n) is 3.63. The predicted octanol–water partition coefficient (Wildman–Crippen LogP) is 3.28. The van der Waals surface area contributed by atoms with Crippen molar-refractivity contribution in [2.45, 2.75) is 39.5 Å². The van der Waals surface area contributed by atoms with E-state index >= 15 is 0 Å². The first kappa shape index (κ1) is 8.38. The van der Waals surface area contributed by atoms with E-state index in [1.807, 2.05) is 6.92 Å². The number of aryl methyl sites for hydroxylation is 1. The number of hydrogen-bond acceptors (Lipinski definition) is 1. The molecule has 0 aliphatic rings. The average molecular weight is 152 g/mol. The lowest BCUT2D eigenvalue weighted by molar-refractivity contribution is 0.473. The van der Waals surface area contributed by atoms with Gasteiger partial charge in [-0.15, -0.1) is 0 Å². The third-order valence-electron chi connectivity index (χ3n) is 2.47. The molecule has 0 aromatic carbocycles. The highest BCUT2D eigenvalue weighted by molar-refractivity contribution is 5.24. The minimum Gasteiger partial charge on any atom is -0.469 e. The first-order chi connectivity index (χ1) is 5.08. The van der Waals surface area contributed by atoms with Crippen molar-refractivity contribution in [3.8, 4) is 0 Å². The van der Waals surface area contributed by atoms with Crippen LogP contribution >= 0.6 is 0 Å². The second-order valence-corrected chi connectivity index (χ2v) is 3.63. The van der Waals surface area contributed by atoms with Crippen molar-refractivity contribution < 1.29 is 4.42 Å². The van der Waals surface area contributed by atoms with E-state index in [1.54, 1.807) is 6.26 Å². The van der Waals surface area contributed by atoms with E-state index in [-0.39, 0.29) is 5.41 Å². The van der Waals surface area contributed by atoms with Crippen LogP contribution in [0.2, 0.25) is 0 Å². The van der Waals surface area contributed by atoms with Crippen LogP contribution < -0.4 is 0 Å². The van der Waals surface area contributed by atoms with Gasteiger partial charge in [-0.05, 0) is 30.4 Å². The van der Waals surface area contributed by atoms with Gasteiger partial charge in [0.1, 0.15) is 5.76 Å². The Hall–Kier alpha value is -0.720. The van der Waals surface area contributed by atoms with Gasteiger partial charge in [0.15, 0.2) is 0 Å². The average Bonchev–Trinajstić information content (AvgIpc) is 2.36. The molecule has 0 radical (unpaired) electrons. The second kappa shape index (κ2) is 2.72. The van der Waals surface area contributed by atoms with Crippen LogP contribution in [0.4, 0.5) is 0 Å². The minimum atomic E-state index is 0.261. The normalized spacial score (nSPS) is 12.0. The van der Waals surface area contributed by atoms with Gasteiger partial charge < -0.3 is 4.42 Å². The van der Waals surface area contributed by atoms with Crippen LogP contribution in [0.1, 0.15) is 38.5 Å². The third kappa shape index (κ3) is 1.47. The van der Waals surface area contributed by atoms with Crippen molar-refractivity contribution in [2.24, 2.45) is 0 Å². The molecule has 1 aromatic heterocycles. The molecule has 0 fully saturated rings. The molecule has 0 bridgehead atoms. The molecule has 1 heterocycles. The third-order valence-corrected chi connectivity index (χ3v) is 2.47. The van der Waals surface area contributed by atoms with Crippen molar-refractivity contribution >= 4 is 0 Å². The highest BCUT2D eigenvalue weighted by atomic mass is 16.3. The molecule has 62 valence electrons. The molecular formula is C10H16O. The van der Waals surface area contributed by atoms with E-state index in [0.29, 0.717) is 0 Å². The molecule has 1 heteroatoms. The Kier molecular flexibility index (Phi) is 2.08. The van der Waals surface area contributed by atoms with Crippen LogP contribution in [0.25, 0.3) is 0 Å². The molecule has 1 rings (SSSR count). The summed E-state index contributed by atoms with van der Waals surface area (Å²) in [5.41, 5.74) is 1.59. The Balaban J connectivity index is 3.00. The standard InChI is InChI=1S/C10H16O/c1-5-10(3,4)9-6-7-11-8(9)2/h6-7H,5H2,1-4H3. The summed E-state index contributed by atoms with van der Waals surface area (Å²) < 4.78 is 5.25. The van der Waals surface area contributed by atoms with E-state index < -0.39 is 0 Å². The first-order valence-electron chi connectivity index (χ1n) is 4.12. The lowest BCUT2D eigenvalue weighted by Crippen LogP contribution is -2.15.